The molecular formula is C13H18. The Morgan fingerprint density at radius 2 is 1.69 bits per heavy atom. The van der Waals surface area contributed by atoms with E-state index in [-0.39, 0.29) is 0 Å². The summed E-state index contributed by atoms with van der Waals surface area (Å²) in [5.74, 6) is 0. The molecule has 1 aromatic carbocycles. The summed E-state index contributed by atoms with van der Waals surface area (Å²) in [6.07, 6.45) is 4.07. The molecule has 1 aromatic rings. The lowest BCUT2D eigenvalue weighted by Gasteiger charge is -2.10. The molecule has 0 atom stereocenters. The zero-order valence-electron chi connectivity index (χ0n) is 8.85. The van der Waals surface area contributed by atoms with Crippen LogP contribution in [0.25, 0.3) is 0 Å². The van der Waals surface area contributed by atoms with Crippen molar-refractivity contribution in [3.63, 3.8) is 0 Å². The van der Waals surface area contributed by atoms with Crippen LogP contribution in [-0.2, 0) is 12.8 Å². The second-order valence-corrected chi connectivity index (χ2v) is 3.48. The lowest BCUT2D eigenvalue weighted by atomic mass is 9.95. The monoisotopic (exact) mass is 174 g/mol. The molecule has 0 N–H and O–H groups in total. The minimum atomic E-state index is 0.983. The van der Waals surface area contributed by atoms with Crippen LogP contribution < -0.4 is 0 Å². The topological polar surface area (TPSA) is 0 Å². The zero-order chi connectivity index (χ0) is 9.84. The Bertz CT molecular complexity index is 308. The maximum atomic E-state index is 3.77. The number of aryl methyl sites for hydroxylation is 1. The molecule has 0 amide bonds. The van der Waals surface area contributed by atoms with Crippen LogP contribution in [-0.4, -0.2) is 0 Å². The fourth-order valence-electron chi connectivity index (χ4n) is 1.69. The molecule has 0 aliphatic rings. The minimum absolute atomic E-state index is 0.983. The standard InChI is InChI=1S/C13H18/c1-5-7-13-9-8-12(6-2)10(3)11(13)4/h5,8-9H,1,6-7H2,2-4H3. The van der Waals surface area contributed by atoms with Gasteiger partial charge in [0.1, 0.15) is 0 Å². The quantitative estimate of drug-likeness (QED) is 0.614. The predicted molar refractivity (Wildman–Crippen MR) is 59.2 cm³/mol. The molecule has 0 nitrogen and oxygen atoms in total. The van der Waals surface area contributed by atoms with Gasteiger partial charge in [-0.15, -0.1) is 6.58 Å². The first kappa shape index (κ1) is 10.0. The second kappa shape index (κ2) is 4.27. The first-order valence-electron chi connectivity index (χ1n) is 4.89. The van der Waals surface area contributed by atoms with E-state index in [0.717, 1.165) is 12.8 Å². The Labute approximate surface area is 81.3 Å². The maximum absolute atomic E-state index is 3.77. The van der Waals surface area contributed by atoms with Gasteiger partial charge in [0.25, 0.3) is 0 Å². The van der Waals surface area contributed by atoms with Gasteiger partial charge in [0.2, 0.25) is 0 Å². The van der Waals surface area contributed by atoms with Gasteiger partial charge in [0.15, 0.2) is 0 Å². The van der Waals surface area contributed by atoms with E-state index >= 15 is 0 Å². The molecule has 0 aliphatic carbocycles. The molecule has 0 fully saturated rings. The summed E-state index contributed by atoms with van der Waals surface area (Å²) in [4.78, 5) is 0. The minimum Gasteiger partial charge on any atom is -0.103 e. The highest BCUT2D eigenvalue weighted by Gasteiger charge is 2.03. The van der Waals surface area contributed by atoms with Gasteiger partial charge in [-0.25, -0.2) is 0 Å². The van der Waals surface area contributed by atoms with E-state index < -0.39 is 0 Å². The van der Waals surface area contributed by atoms with Crippen LogP contribution in [0.4, 0.5) is 0 Å². The Hall–Kier alpha value is -1.04. The molecule has 0 saturated carbocycles. The molecule has 0 bridgehead atoms. The Kier molecular flexibility index (Phi) is 3.30. The van der Waals surface area contributed by atoms with Crippen LogP contribution >= 0.6 is 0 Å². The smallest absolute Gasteiger partial charge is 0.00974 e. The van der Waals surface area contributed by atoms with E-state index in [1.807, 2.05) is 6.08 Å². The first-order chi connectivity index (χ1) is 6.20. The van der Waals surface area contributed by atoms with Crippen molar-refractivity contribution in [3.05, 3.63) is 47.0 Å². The van der Waals surface area contributed by atoms with Crippen molar-refractivity contribution in [2.24, 2.45) is 0 Å². The summed E-state index contributed by atoms with van der Waals surface area (Å²) in [7, 11) is 0. The molecule has 0 unspecified atom stereocenters. The van der Waals surface area contributed by atoms with Crippen molar-refractivity contribution >= 4 is 0 Å². The van der Waals surface area contributed by atoms with Gasteiger partial charge < -0.3 is 0 Å². The molecular weight excluding hydrogens is 156 g/mol. The highest BCUT2D eigenvalue weighted by Crippen LogP contribution is 2.18. The first-order valence-corrected chi connectivity index (χ1v) is 4.89. The van der Waals surface area contributed by atoms with Crippen molar-refractivity contribution in [1.29, 1.82) is 0 Å². The van der Waals surface area contributed by atoms with Crippen LogP contribution in [0.3, 0.4) is 0 Å². The van der Waals surface area contributed by atoms with Gasteiger partial charge in [-0.05, 0) is 48.9 Å². The summed E-state index contributed by atoms with van der Waals surface area (Å²) < 4.78 is 0. The molecule has 0 aromatic heterocycles. The maximum Gasteiger partial charge on any atom is -0.00974 e. The highest BCUT2D eigenvalue weighted by molar-refractivity contribution is 5.40. The van der Waals surface area contributed by atoms with E-state index in [1.54, 1.807) is 0 Å². The number of hydrogen-bond acceptors (Lipinski definition) is 0. The lowest BCUT2D eigenvalue weighted by molar-refractivity contribution is 1.07. The van der Waals surface area contributed by atoms with Crippen molar-refractivity contribution in [2.45, 2.75) is 33.6 Å². The van der Waals surface area contributed by atoms with E-state index in [0.29, 0.717) is 0 Å². The average molecular weight is 174 g/mol. The summed E-state index contributed by atoms with van der Waals surface area (Å²) in [5.41, 5.74) is 5.75. The van der Waals surface area contributed by atoms with Crippen LogP contribution in [0.2, 0.25) is 0 Å². The van der Waals surface area contributed by atoms with Crippen LogP contribution in [0, 0.1) is 13.8 Å². The Balaban J connectivity index is 3.14. The van der Waals surface area contributed by atoms with Crippen molar-refractivity contribution in [2.75, 3.05) is 0 Å². The Morgan fingerprint density at radius 1 is 1.15 bits per heavy atom. The van der Waals surface area contributed by atoms with Crippen molar-refractivity contribution in [1.82, 2.24) is 0 Å². The van der Waals surface area contributed by atoms with Gasteiger partial charge in [-0.1, -0.05) is 25.1 Å². The molecule has 0 saturated heterocycles. The van der Waals surface area contributed by atoms with E-state index in [4.69, 9.17) is 0 Å². The normalized spacial score (nSPS) is 10.1. The molecule has 0 aliphatic heterocycles. The lowest BCUT2D eigenvalue weighted by Crippen LogP contribution is -1.95. The number of benzene rings is 1. The van der Waals surface area contributed by atoms with E-state index in [9.17, 15) is 0 Å². The fourth-order valence-corrected chi connectivity index (χ4v) is 1.69. The SMILES string of the molecule is C=CCc1ccc(CC)c(C)c1C. The average Bonchev–Trinajstić information content (AvgIpc) is 2.14. The third kappa shape index (κ3) is 2.00. The van der Waals surface area contributed by atoms with Crippen LogP contribution in [0.5, 0.6) is 0 Å². The summed E-state index contributed by atoms with van der Waals surface area (Å²) in [6, 6.07) is 4.46. The van der Waals surface area contributed by atoms with Gasteiger partial charge in [-0.3, -0.25) is 0 Å². The summed E-state index contributed by atoms with van der Waals surface area (Å²) >= 11 is 0. The third-order valence-corrected chi connectivity index (χ3v) is 2.76. The van der Waals surface area contributed by atoms with Crippen LogP contribution in [0.1, 0.15) is 29.2 Å². The molecule has 13 heavy (non-hydrogen) atoms. The second-order valence-electron chi connectivity index (χ2n) is 3.48. The molecule has 0 heterocycles. The highest BCUT2D eigenvalue weighted by atomic mass is 14.1. The third-order valence-electron chi connectivity index (χ3n) is 2.76. The van der Waals surface area contributed by atoms with Gasteiger partial charge in [0, 0.05) is 0 Å². The number of rotatable bonds is 3. The molecule has 1 rings (SSSR count). The van der Waals surface area contributed by atoms with Gasteiger partial charge >= 0.3 is 0 Å². The largest absolute Gasteiger partial charge is 0.103 e. The predicted octanol–water partition coefficient (Wildman–Crippen LogP) is 3.59. The van der Waals surface area contributed by atoms with Crippen molar-refractivity contribution < 1.29 is 0 Å². The summed E-state index contributed by atoms with van der Waals surface area (Å²) in [6.45, 7) is 10.4. The van der Waals surface area contributed by atoms with Crippen LogP contribution in [0.15, 0.2) is 24.8 Å². The van der Waals surface area contributed by atoms with Crippen molar-refractivity contribution in [3.8, 4) is 0 Å². The van der Waals surface area contributed by atoms with Gasteiger partial charge in [-0.2, -0.15) is 0 Å². The number of hydrogen-bond donors (Lipinski definition) is 0. The molecule has 0 spiro atoms. The zero-order valence-corrected chi connectivity index (χ0v) is 8.85. The summed E-state index contributed by atoms with van der Waals surface area (Å²) in [5, 5.41) is 0. The number of allylic oxidation sites excluding steroid dienone is 1. The molecule has 0 radical (unpaired) electrons. The van der Waals surface area contributed by atoms with E-state index in [1.165, 1.54) is 22.3 Å². The molecule has 70 valence electrons. The van der Waals surface area contributed by atoms with Gasteiger partial charge in [0.05, 0.1) is 0 Å². The fraction of sp³-hybridized carbons (Fsp3) is 0.385. The Morgan fingerprint density at radius 3 is 2.23 bits per heavy atom. The van der Waals surface area contributed by atoms with E-state index in [2.05, 4.69) is 39.5 Å². The molecule has 0 heteroatoms.